The molecule has 3 rings (SSSR count). The predicted octanol–water partition coefficient (Wildman–Crippen LogP) is 3.14. The number of anilines is 1. The number of cyclic esters (lactones) is 1. The first-order valence-corrected chi connectivity index (χ1v) is 6.95. The SMILES string of the molecule is O=C1NCC(c2ccc(NC(=O)c3ccc(F)c(F)c3F)cc2)O1. The van der Waals surface area contributed by atoms with Gasteiger partial charge in [0.25, 0.3) is 5.91 Å². The van der Waals surface area contributed by atoms with Gasteiger partial charge in [0.1, 0.15) is 6.10 Å². The van der Waals surface area contributed by atoms with E-state index in [1.165, 1.54) is 12.1 Å². The molecule has 1 fully saturated rings. The minimum Gasteiger partial charge on any atom is -0.439 e. The monoisotopic (exact) mass is 336 g/mol. The summed E-state index contributed by atoms with van der Waals surface area (Å²) in [4.78, 5) is 23.0. The fourth-order valence-electron chi connectivity index (χ4n) is 2.26. The number of hydrogen-bond donors (Lipinski definition) is 2. The molecule has 1 aliphatic heterocycles. The first kappa shape index (κ1) is 15.9. The molecule has 1 atom stereocenters. The van der Waals surface area contributed by atoms with Gasteiger partial charge in [0.2, 0.25) is 0 Å². The number of amides is 2. The number of rotatable bonds is 3. The maximum atomic E-state index is 13.6. The van der Waals surface area contributed by atoms with Gasteiger partial charge in [0.05, 0.1) is 12.1 Å². The van der Waals surface area contributed by atoms with E-state index in [2.05, 4.69) is 10.6 Å². The van der Waals surface area contributed by atoms with Crippen molar-refractivity contribution in [2.45, 2.75) is 6.10 Å². The minimum absolute atomic E-state index is 0.324. The summed E-state index contributed by atoms with van der Waals surface area (Å²) in [7, 11) is 0. The molecule has 124 valence electrons. The lowest BCUT2D eigenvalue weighted by Gasteiger charge is -2.10. The van der Waals surface area contributed by atoms with Crippen molar-refractivity contribution in [3.05, 3.63) is 65.0 Å². The summed E-state index contributed by atoms with van der Waals surface area (Å²) in [5, 5.41) is 4.89. The molecule has 0 bridgehead atoms. The van der Waals surface area contributed by atoms with E-state index in [1.807, 2.05) is 0 Å². The van der Waals surface area contributed by atoms with Crippen LogP contribution in [0.2, 0.25) is 0 Å². The number of ether oxygens (including phenoxy) is 1. The molecule has 1 heterocycles. The summed E-state index contributed by atoms with van der Waals surface area (Å²) >= 11 is 0. The van der Waals surface area contributed by atoms with Crippen LogP contribution >= 0.6 is 0 Å². The lowest BCUT2D eigenvalue weighted by molar-refractivity contribution is 0.102. The van der Waals surface area contributed by atoms with E-state index >= 15 is 0 Å². The summed E-state index contributed by atoms with van der Waals surface area (Å²) in [6.45, 7) is 0.338. The van der Waals surface area contributed by atoms with Crippen molar-refractivity contribution in [1.82, 2.24) is 5.32 Å². The van der Waals surface area contributed by atoms with Crippen LogP contribution in [0.3, 0.4) is 0 Å². The van der Waals surface area contributed by atoms with Crippen LogP contribution in [0.25, 0.3) is 0 Å². The molecular formula is C16H11F3N2O3. The summed E-state index contributed by atoms with van der Waals surface area (Å²) in [5.41, 5.74) is 0.433. The minimum atomic E-state index is -1.70. The molecule has 0 spiro atoms. The van der Waals surface area contributed by atoms with Gasteiger partial charge in [-0.15, -0.1) is 0 Å². The first-order chi connectivity index (χ1) is 11.5. The van der Waals surface area contributed by atoms with Gasteiger partial charge in [-0.1, -0.05) is 12.1 Å². The first-order valence-electron chi connectivity index (χ1n) is 6.95. The average molecular weight is 336 g/mol. The molecule has 2 aromatic carbocycles. The van der Waals surface area contributed by atoms with Crippen LogP contribution in [0.4, 0.5) is 23.7 Å². The predicted molar refractivity (Wildman–Crippen MR) is 77.9 cm³/mol. The number of nitrogens with one attached hydrogen (secondary N) is 2. The second-order valence-corrected chi connectivity index (χ2v) is 5.07. The smallest absolute Gasteiger partial charge is 0.407 e. The Labute approximate surface area is 134 Å². The Hall–Kier alpha value is -3.03. The van der Waals surface area contributed by atoms with Crippen molar-refractivity contribution < 1.29 is 27.5 Å². The lowest BCUT2D eigenvalue weighted by atomic mass is 10.1. The van der Waals surface area contributed by atoms with Gasteiger partial charge in [-0.05, 0) is 29.8 Å². The molecule has 0 saturated carbocycles. The van der Waals surface area contributed by atoms with Gasteiger partial charge in [0.15, 0.2) is 17.5 Å². The Morgan fingerprint density at radius 1 is 1.08 bits per heavy atom. The van der Waals surface area contributed by atoms with Crippen molar-refractivity contribution in [1.29, 1.82) is 0 Å². The van der Waals surface area contributed by atoms with Gasteiger partial charge < -0.3 is 15.4 Å². The number of carbonyl (C=O) groups is 2. The normalized spacial score (nSPS) is 16.5. The maximum Gasteiger partial charge on any atom is 0.407 e. The fourth-order valence-corrected chi connectivity index (χ4v) is 2.26. The molecule has 0 aliphatic carbocycles. The highest BCUT2D eigenvalue weighted by Gasteiger charge is 2.24. The van der Waals surface area contributed by atoms with E-state index in [9.17, 15) is 22.8 Å². The van der Waals surface area contributed by atoms with Gasteiger partial charge in [-0.3, -0.25) is 4.79 Å². The molecule has 1 aliphatic rings. The third kappa shape index (κ3) is 3.03. The number of benzene rings is 2. The van der Waals surface area contributed by atoms with E-state index in [0.29, 0.717) is 23.9 Å². The number of halogens is 3. The van der Waals surface area contributed by atoms with Crippen LogP contribution in [-0.4, -0.2) is 18.5 Å². The van der Waals surface area contributed by atoms with Crippen LogP contribution < -0.4 is 10.6 Å². The zero-order valence-corrected chi connectivity index (χ0v) is 12.1. The topological polar surface area (TPSA) is 67.4 Å². The lowest BCUT2D eigenvalue weighted by Crippen LogP contribution is -2.15. The average Bonchev–Trinajstić information content (AvgIpc) is 3.00. The van der Waals surface area contributed by atoms with Crippen LogP contribution in [0.5, 0.6) is 0 Å². The van der Waals surface area contributed by atoms with E-state index in [-0.39, 0.29) is 0 Å². The quantitative estimate of drug-likeness (QED) is 0.846. The van der Waals surface area contributed by atoms with E-state index < -0.39 is 41.1 Å². The summed E-state index contributed by atoms with van der Waals surface area (Å²) in [6.07, 6.45) is -0.933. The fraction of sp³-hybridized carbons (Fsp3) is 0.125. The number of alkyl carbamates (subject to hydrolysis) is 1. The largest absolute Gasteiger partial charge is 0.439 e. The molecule has 5 nitrogen and oxygen atoms in total. The Morgan fingerprint density at radius 3 is 2.42 bits per heavy atom. The van der Waals surface area contributed by atoms with Crippen LogP contribution in [0, 0.1) is 17.5 Å². The van der Waals surface area contributed by atoms with Crippen molar-refractivity contribution in [2.75, 3.05) is 11.9 Å². The van der Waals surface area contributed by atoms with Gasteiger partial charge in [0, 0.05) is 5.69 Å². The highest BCUT2D eigenvalue weighted by molar-refractivity contribution is 6.04. The Kier molecular flexibility index (Phi) is 4.11. The highest BCUT2D eigenvalue weighted by Crippen LogP contribution is 2.23. The van der Waals surface area contributed by atoms with Crippen LogP contribution in [0.15, 0.2) is 36.4 Å². The van der Waals surface area contributed by atoms with Crippen molar-refractivity contribution in [3.8, 4) is 0 Å². The van der Waals surface area contributed by atoms with Gasteiger partial charge in [-0.2, -0.15) is 0 Å². The molecule has 8 heteroatoms. The Balaban J connectivity index is 1.73. The molecule has 2 N–H and O–H groups in total. The summed E-state index contributed by atoms with van der Waals surface area (Å²) in [6, 6.07) is 7.84. The van der Waals surface area contributed by atoms with Crippen molar-refractivity contribution in [2.24, 2.45) is 0 Å². The molecule has 24 heavy (non-hydrogen) atoms. The standard InChI is InChI=1S/C16H11F3N2O3/c17-11-6-5-10(13(18)14(11)19)15(22)21-9-3-1-8(2-4-9)12-7-20-16(23)24-12/h1-6,12H,7H2,(H,20,23)(H,21,22). The molecule has 1 unspecified atom stereocenters. The third-order valence-electron chi connectivity index (χ3n) is 3.50. The summed E-state index contributed by atoms with van der Waals surface area (Å²) < 4.78 is 44.7. The third-order valence-corrected chi connectivity index (χ3v) is 3.50. The highest BCUT2D eigenvalue weighted by atomic mass is 19.2. The van der Waals surface area contributed by atoms with Gasteiger partial charge in [-0.25, -0.2) is 18.0 Å². The number of carbonyl (C=O) groups excluding carboxylic acids is 2. The van der Waals surface area contributed by atoms with Crippen molar-refractivity contribution >= 4 is 17.7 Å². The molecule has 2 amide bonds. The Morgan fingerprint density at radius 2 is 1.79 bits per heavy atom. The maximum absolute atomic E-state index is 13.6. The number of hydrogen-bond acceptors (Lipinski definition) is 3. The molecule has 0 aromatic heterocycles. The van der Waals surface area contributed by atoms with Crippen LogP contribution in [-0.2, 0) is 4.74 Å². The van der Waals surface area contributed by atoms with E-state index in [4.69, 9.17) is 4.74 Å². The van der Waals surface area contributed by atoms with E-state index in [1.54, 1.807) is 12.1 Å². The second kappa shape index (κ2) is 6.23. The Bertz CT molecular complexity index is 809. The molecule has 2 aromatic rings. The second-order valence-electron chi connectivity index (χ2n) is 5.07. The molecule has 1 saturated heterocycles. The van der Waals surface area contributed by atoms with Crippen molar-refractivity contribution in [3.63, 3.8) is 0 Å². The van der Waals surface area contributed by atoms with Gasteiger partial charge >= 0.3 is 6.09 Å². The zero-order valence-electron chi connectivity index (χ0n) is 12.1. The molecule has 0 radical (unpaired) electrons. The molecular weight excluding hydrogens is 325 g/mol. The summed E-state index contributed by atoms with van der Waals surface area (Å²) in [5.74, 6) is -5.53. The zero-order chi connectivity index (χ0) is 17.3. The van der Waals surface area contributed by atoms with Crippen LogP contribution in [0.1, 0.15) is 22.0 Å². The van der Waals surface area contributed by atoms with E-state index in [0.717, 1.165) is 6.07 Å².